The number of carbonyl (C=O) groups excluding carboxylic acids is 1. The Morgan fingerprint density at radius 2 is 1.70 bits per heavy atom. The number of rotatable bonds is 17. The second-order valence-corrected chi connectivity index (χ2v) is 10.0. The van der Waals surface area contributed by atoms with Crippen molar-refractivity contribution >= 4 is 5.97 Å². The van der Waals surface area contributed by atoms with Crippen LogP contribution in [0.5, 0.6) is 0 Å². The predicted octanol–water partition coefficient (Wildman–Crippen LogP) is 8.68. The van der Waals surface area contributed by atoms with Crippen LogP contribution >= 0.6 is 0 Å². The van der Waals surface area contributed by atoms with Gasteiger partial charge in [0.2, 0.25) is 0 Å². The van der Waals surface area contributed by atoms with Crippen molar-refractivity contribution in [3.05, 3.63) is 59.3 Å². The van der Waals surface area contributed by atoms with E-state index >= 15 is 0 Å². The van der Waals surface area contributed by atoms with Gasteiger partial charge in [-0.25, -0.2) is 0 Å². The zero-order valence-electron chi connectivity index (χ0n) is 23.5. The summed E-state index contributed by atoms with van der Waals surface area (Å²) in [6, 6.07) is 0. The monoisotopic (exact) mass is 459 g/mol. The predicted molar refractivity (Wildman–Crippen MR) is 143 cm³/mol. The van der Waals surface area contributed by atoms with Gasteiger partial charge in [-0.2, -0.15) is 0 Å². The minimum absolute atomic E-state index is 0.0540. The highest BCUT2D eigenvalue weighted by Gasteiger charge is 2.13. The molecule has 0 saturated carbocycles. The molecule has 0 bridgehead atoms. The van der Waals surface area contributed by atoms with Gasteiger partial charge in [0.15, 0.2) is 0 Å². The minimum atomic E-state index is -0.408. The van der Waals surface area contributed by atoms with Gasteiger partial charge in [-0.1, -0.05) is 73.1 Å². The molecule has 0 fully saturated rings. The third-order valence-corrected chi connectivity index (χ3v) is 5.61. The summed E-state index contributed by atoms with van der Waals surface area (Å²) < 4.78 is 17.7. The van der Waals surface area contributed by atoms with Gasteiger partial charge < -0.3 is 9.47 Å². The van der Waals surface area contributed by atoms with Crippen molar-refractivity contribution in [1.82, 2.24) is 0 Å². The lowest BCUT2D eigenvalue weighted by atomic mass is 9.85. The van der Waals surface area contributed by atoms with E-state index in [1.54, 1.807) is 0 Å². The van der Waals surface area contributed by atoms with Crippen LogP contribution in [0.1, 0.15) is 101 Å². The highest BCUT2D eigenvalue weighted by molar-refractivity contribution is 5.69. The normalized spacial score (nSPS) is 14.2. The van der Waals surface area contributed by atoms with Gasteiger partial charge in [0.25, 0.3) is 0 Å². The van der Waals surface area contributed by atoms with Crippen molar-refractivity contribution < 1.29 is 15.6 Å². The maximum absolute atomic E-state index is 11.3. The van der Waals surface area contributed by atoms with Crippen LogP contribution < -0.4 is 0 Å². The largest absolute Gasteiger partial charge is 0.469 e. The molecule has 3 heteroatoms. The fourth-order valence-electron chi connectivity index (χ4n) is 3.16. The molecule has 0 aliphatic rings. The van der Waals surface area contributed by atoms with E-state index in [4.69, 9.17) is 6.11 Å². The summed E-state index contributed by atoms with van der Waals surface area (Å²) >= 11 is 0. The molecule has 0 amide bonds. The average Bonchev–Trinajstić information content (AvgIpc) is 2.78. The van der Waals surface area contributed by atoms with Crippen LogP contribution in [0.4, 0.5) is 0 Å². The van der Waals surface area contributed by atoms with Crippen LogP contribution in [-0.4, -0.2) is 25.8 Å². The van der Waals surface area contributed by atoms with E-state index in [9.17, 15) is 4.79 Å². The number of esters is 1. The molecule has 0 radical (unpaired) electrons. The number of methoxy groups -OCH3 is 1. The maximum atomic E-state index is 11.3. The van der Waals surface area contributed by atoms with E-state index in [2.05, 4.69) is 77.2 Å². The molecule has 0 N–H and O–H groups in total. The number of allylic oxidation sites excluding steroid dienone is 8. The molecule has 1 atom stereocenters. The van der Waals surface area contributed by atoms with Crippen LogP contribution in [-0.2, 0) is 14.3 Å². The Labute approximate surface area is 206 Å². The highest BCUT2D eigenvalue weighted by Crippen LogP contribution is 2.27. The van der Waals surface area contributed by atoms with Crippen LogP contribution in [0, 0.1) is 5.41 Å². The molecule has 0 aromatic carbocycles. The van der Waals surface area contributed by atoms with Gasteiger partial charge in [-0.05, 0) is 85.0 Å². The Bertz CT molecular complexity index is 721. The fraction of sp³-hybridized carbons (Fsp3) is 0.633. The number of carbonyl (C=O) groups is 1. The first-order chi connectivity index (χ1) is 16.0. The zero-order valence-corrected chi connectivity index (χ0v) is 22.5. The smallest absolute Gasteiger partial charge is 0.308 e. The van der Waals surface area contributed by atoms with E-state index < -0.39 is 6.10 Å². The molecule has 0 heterocycles. The van der Waals surface area contributed by atoms with Crippen LogP contribution in [0.25, 0.3) is 0 Å². The van der Waals surface area contributed by atoms with Crippen molar-refractivity contribution in [1.29, 1.82) is 0 Å². The SMILES string of the molecule is [2H]CC(CC(=O)OC)OC/C=C(/C)CC/C=C/C(C)(C)CCC(=C)C/C=C(\C)CCC=C(C)C. The molecule has 0 saturated heterocycles. The van der Waals surface area contributed by atoms with E-state index in [-0.39, 0.29) is 24.7 Å². The number of hydrogen-bond donors (Lipinski definition) is 0. The topological polar surface area (TPSA) is 35.5 Å². The molecule has 0 aromatic heterocycles. The van der Waals surface area contributed by atoms with Gasteiger partial charge in [-0.3, -0.25) is 4.79 Å². The molecule has 0 spiro atoms. The molecule has 0 aliphatic carbocycles. The van der Waals surface area contributed by atoms with Crippen molar-refractivity contribution in [2.45, 2.75) is 106 Å². The van der Waals surface area contributed by atoms with E-state index in [0.29, 0.717) is 6.61 Å². The molecule has 188 valence electrons. The molecule has 0 aliphatic heterocycles. The first kappa shape index (κ1) is 29.2. The Kier molecular flexibility index (Phi) is 15.5. The van der Waals surface area contributed by atoms with Gasteiger partial charge >= 0.3 is 5.97 Å². The van der Waals surface area contributed by atoms with Gasteiger partial charge in [0, 0.05) is 1.37 Å². The molecule has 0 aromatic rings. The minimum Gasteiger partial charge on any atom is -0.469 e. The second kappa shape index (κ2) is 17.6. The first-order valence-electron chi connectivity index (χ1n) is 13.0. The average molecular weight is 460 g/mol. The van der Waals surface area contributed by atoms with Gasteiger partial charge in [0.05, 0.1) is 26.2 Å². The second-order valence-electron chi connectivity index (χ2n) is 10.0. The Hall–Kier alpha value is -1.87. The summed E-state index contributed by atoms with van der Waals surface area (Å²) in [6.07, 6.45) is 18.4. The van der Waals surface area contributed by atoms with Crippen LogP contribution in [0.2, 0.25) is 0 Å². The standard InChI is InChI=1S/C30H50O3/c1-24(2)13-12-15-25(3)16-17-27(5)18-21-30(7,8)20-11-10-14-26(4)19-22-33-28(6)23-29(31)32-9/h11,13,16,19-20,28H,5,10,12,14-15,17-18,21-23H2,1-4,6-9H3/b20-11+,25-16+,26-19-/i6D. The molecule has 3 nitrogen and oxygen atoms in total. The molecular formula is C30H50O3. The summed E-state index contributed by atoms with van der Waals surface area (Å²) in [6.45, 7) is 18.0. The summed E-state index contributed by atoms with van der Waals surface area (Å²) in [7, 11) is 1.35. The highest BCUT2D eigenvalue weighted by atomic mass is 16.5. The zero-order chi connectivity index (χ0) is 26.0. The molecule has 33 heavy (non-hydrogen) atoms. The van der Waals surface area contributed by atoms with Crippen molar-refractivity contribution in [2.24, 2.45) is 5.41 Å². The van der Waals surface area contributed by atoms with Crippen molar-refractivity contribution in [2.75, 3.05) is 13.7 Å². The number of ether oxygens (including phenoxy) is 2. The number of hydrogen-bond acceptors (Lipinski definition) is 3. The summed E-state index contributed by atoms with van der Waals surface area (Å²) in [5, 5.41) is 0. The lowest BCUT2D eigenvalue weighted by molar-refractivity contribution is -0.143. The van der Waals surface area contributed by atoms with Crippen LogP contribution in [0.15, 0.2) is 59.3 Å². The van der Waals surface area contributed by atoms with Gasteiger partial charge in [0.1, 0.15) is 0 Å². The van der Waals surface area contributed by atoms with Crippen LogP contribution in [0.3, 0.4) is 0 Å². The Morgan fingerprint density at radius 3 is 2.33 bits per heavy atom. The van der Waals surface area contributed by atoms with Gasteiger partial charge in [-0.15, -0.1) is 0 Å². The van der Waals surface area contributed by atoms with E-state index in [1.165, 1.54) is 29.4 Å². The summed E-state index contributed by atoms with van der Waals surface area (Å²) in [5.74, 6) is -0.337. The maximum Gasteiger partial charge on any atom is 0.308 e. The summed E-state index contributed by atoms with van der Waals surface area (Å²) in [4.78, 5) is 11.3. The lowest BCUT2D eigenvalue weighted by Gasteiger charge is -2.20. The Balaban J connectivity index is 4.28. The van der Waals surface area contributed by atoms with Crippen molar-refractivity contribution in [3.63, 3.8) is 0 Å². The van der Waals surface area contributed by atoms with E-state index in [0.717, 1.165) is 44.9 Å². The third kappa shape index (κ3) is 19.3. The molecular weight excluding hydrogens is 408 g/mol. The Morgan fingerprint density at radius 1 is 1.03 bits per heavy atom. The first-order valence-corrected chi connectivity index (χ1v) is 12.3. The third-order valence-electron chi connectivity index (χ3n) is 5.61. The van der Waals surface area contributed by atoms with Crippen molar-refractivity contribution in [3.8, 4) is 0 Å². The quantitative estimate of drug-likeness (QED) is 0.161. The summed E-state index contributed by atoms with van der Waals surface area (Å²) in [5.41, 5.74) is 5.55. The molecule has 1 unspecified atom stereocenters. The van der Waals surface area contributed by atoms with E-state index in [1.807, 2.05) is 6.08 Å². The lowest BCUT2D eigenvalue weighted by Crippen LogP contribution is -2.15. The molecule has 0 rings (SSSR count). The fourth-order valence-corrected chi connectivity index (χ4v) is 3.16.